The Morgan fingerprint density at radius 3 is 2.80 bits per heavy atom. The van der Waals surface area contributed by atoms with Gasteiger partial charge in [-0.05, 0) is 19.0 Å². The van der Waals surface area contributed by atoms with E-state index in [2.05, 4.69) is 31.9 Å². The molecule has 0 saturated carbocycles. The number of hydrogen-bond acceptors (Lipinski definition) is 4. The van der Waals surface area contributed by atoms with E-state index in [1.54, 1.807) is 12.3 Å². The summed E-state index contributed by atoms with van der Waals surface area (Å²) >= 11 is 0. The quantitative estimate of drug-likeness (QED) is 0.539. The smallest absolute Gasteiger partial charge is 0.242 e. The summed E-state index contributed by atoms with van der Waals surface area (Å²) in [5, 5.41) is 3.21. The predicted molar refractivity (Wildman–Crippen MR) is 75.4 cm³/mol. The van der Waals surface area contributed by atoms with Crippen molar-refractivity contribution in [2.24, 2.45) is 0 Å². The van der Waals surface area contributed by atoms with Crippen LogP contribution in [0.15, 0.2) is 29.7 Å². The molecule has 0 aliphatic heterocycles. The molecule has 0 aromatic carbocycles. The highest BCUT2D eigenvalue weighted by Crippen LogP contribution is 2.11. The lowest BCUT2D eigenvalue weighted by atomic mass is 10.4. The Kier molecular flexibility index (Phi) is 4.94. The van der Waals surface area contributed by atoms with Crippen molar-refractivity contribution in [1.29, 1.82) is 0 Å². The first-order valence-electron chi connectivity index (χ1n) is 6.46. The third-order valence-corrected chi connectivity index (χ3v) is 4.16. The highest BCUT2D eigenvalue weighted by Gasteiger charge is 2.15. The lowest BCUT2D eigenvalue weighted by molar-refractivity contribution is 0.580. The average Bonchev–Trinajstić information content (AvgIpc) is 3.08. The van der Waals surface area contributed by atoms with Crippen molar-refractivity contribution < 1.29 is 8.42 Å². The predicted octanol–water partition coefficient (Wildman–Crippen LogP) is 0.716. The number of hydrogen-bond donors (Lipinski definition) is 4. The van der Waals surface area contributed by atoms with Crippen molar-refractivity contribution in [3.8, 4) is 0 Å². The van der Waals surface area contributed by atoms with Gasteiger partial charge in [-0.3, -0.25) is 0 Å². The van der Waals surface area contributed by atoms with Gasteiger partial charge in [-0.15, -0.1) is 0 Å². The van der Waals surface area contributed by atoms with Crippen molar-refractivity contribution in [2.45, 2.75) is 31.3 Å². The summed E-state index contributed by atoms with van der Waals surface area (Å²) in [6, 6.07) is 1.64. The molecule has 0 saturated heterocycles. The average molecular weight is 297 g/mol. The second-order valence-corrected chi connectivity index (χ2v) is 6.21. The van der Waals surface area contributed by atoms with Crippen LogP contribution < -0.4 is 10.0 Å². The van der Waals surface area contributed by atoms with Crippen LogP contribution in [0.3, 0.4) is 0 Å². The molecule has 0 unspecified atom stereocenters. The molecule has 2 heterocycles. The van der Waals surface area contributed by atoms with Gasteiger partial charge in [-0.25, -0.2) is 18.1 Å². The van der Waals surface area contributed by atoms with Gasteiger partial charge in [-0.2, -0.15) is 0 Å². The molecule has 0 amide bonds. The number of nitrogens with one attached hydrogen (secondary N) is 4. The highest BCUT2D eigenvalue weighted by molar-refractivity contribution is 7.89. The van der Waals surface area contributed by atoms with Crippen LogP contribution in [0, 0.1) is 0 Å². The maximum Gasteiger partial charge on any atom is 0.242 e. The molecule has 8 heteroatoms. The fraction of sp³-hybridized carbons (Fsp3) is 0.417. The van der Waals surface area contributed by atoms with E-state index in [1.807, 2.05) is 0 Å². The SMILES string of the molecule is CCCNCc1cc(S(=O)(=O)NCc2cnc[nH]2)c[nH]1. The van der Waals surface area contributed by atoms with Gasteiger partial charge in [0.15, 0.2) is 0 Å². The summed E-state index contributed by atoms with van der Waals surface area (Å²) in [6.45, 7) is 3.80. The van der Waals surface area contributed by atoms with E-state index < -0.39 is 10.0 Å². The van der Waals surface area contributed by atoms with Crippen LogP contribution in [0.25, 0.3) is 0 Å². The van der Waals surface area contributed by atoms with Crippen LogP contribution in [-0.4, -0.2) is 29.9 Å². The largest absolute Gasteiger partial charge is 0.363 e. The van der Waals surface area contributed by atoms with Gasteiger partial charge < -0.3 is 15.3 Å². The third-order valence-electron chi connectivity index (χ3n) is 2.78. The maximum absolute atomic E-state index is 12.1. The molecule has 0 fully saturated rings. The van der Waals surface area contributed by atoms with E-state index in [0.717, 1.165) is 18.7 Å². The van der Waals surface area contributed by atoms with Crippen LogP contribution in [0.1, 0.15) is 24.7 Å². The van der Waals surface area contributed by atoms with Crippen LogP contribution in [-0.2, 0) is 23.1 Å². The standard InChI is InChI=1S/C12H19N5O2S/c1-2-3-13-5-10-4-12(8-15-10)20(18,19)17-7-11-6-14-9-16-11/h4,6,8-9,13,15,17H,2-3,5,7H2,1H3,(H,14,16). The number of imidazole rings is 1. The van der Waals surface area contributed by atoms with Gasteiger partial charge in [-0.1, -0.05) is 6.92 Å². The number of H-pyrrole nitrogens is 2. The van der Waals surface area contributed by atoms with E-state index >= 15 is 0 Å². The van der Waals surface area contributed by atoms with Crippen LogP contribution in [0.2, 0.25) is 0 Å². The molecule has 2 aromatic heterocycles. The summed E-state index contributed by atoms with van der Waals surface area (Å²) in [6.07, 6.45) is 5.63. The molecule has 0 bridgehead atoms. The van der Waals surface area contributed by atoms with Gasteiger partial charge in [0.25, 0.3) is 0 Å². The molecule has 4 N–H and O–H groups in total. The normalized spacial score (nSPS) is 11.8. The Bertz CT molecular complexity index is 618. The van der Waals surface area contributed by atoms with Gasteiger partial charge in [0.2, 0.25) is 10.0 Å². The first-order valence-corrected chi connectivity index (χ1v) is 7.95. The molecule has 2 aromatic rings. The van der Waals surface area contributed by atoms with Gasteiger partial charge in [0, 0.05) is 30.3 Å². The summed E-state index contributed by atoms with van der Waals surface area (Å²) in [7, 11) is -3.50. The fourth-order valence-electron chi connectivity index (χ4n) is 1.71. The Labute approximate surface area is 118 Å². The molecule has 2 rings (SSSR count). The fourth-order valence-corrected chi connectivity index (χ4v) is 2.74. The first kappa shape index (κ1) is 14.8. The minimum atomic E-state index is -3.50. The zero-order chi connectivity index (χ0) is 14.4. The minimum Gasteiger partial charge on any atom is -0.363 e. The molecule has 0 radical (unpaired) electrons. The highest BCUT2D eigenvalue weighted by atomic mass is 32.2. The first-order chi connectivity index (χ1) is 9.62. The number of rotatable bonds is 8. The Hall–Kier alpha value is -1.64. The number of sulfonamides is 1. The summed E-state index contributed by atoms with van der Waals surface area (Å²) in [5.41, 5.74) is 1.56. The zero-order valence-corrected chi connectivity index (χ0v) is 12.1. The van der Waals surface area contributed by atoms with Gasteiger partial charge in [0.1, 0.15) is 0 Å². The van der Waals surface area contributed by atoms with Crippen molar-refractivity contribution >= 4 is 10.0 Å². The number of aromatic amines is 2. The minimum absolute atomic E-state index is 0.191. The summed E-state index contributed by atoms with van der Waals surface area (Å²) < 4.78 is 26.7. The molecule has 0 spiro atoms. The molecule has 0 aliphatic rings. The van der Waals surface area contributed by atoms with Crippen LogP contribution in [0.4, 0.5) is 0 Å². The van der Waals surface area contributed by atoms with Crippen molar-refractivity contribution in [1.82, 2.24) is 25.0 Å². The van der Waals surface area contributed by atoms with Crippen molar-refractivity contribution in [3.05, 3.63) is 36.2 Å². The van der Waals surface area contributed by atoms with E-state index in [-0.39, 0.29) is 11.4 Å². The van der Waals surface area contributed by atoms with Gasteiger partial charge >= 0.3 is 0 Å². The van der Waals surface area contributed by atoms with E-state index in [0.29, 0.717) is 12.2 Å². The molecule has 20 heavy (non-hydrogen) atoms. The summed E-state index contributed by atoms with van der Waals surface area (Å²) in [5.74, 6) is 0. The van der Waals surface area contributed by atoms with Crippen LogP contribution >= 0.6 is 0 Å². The van der Waals surface area contributed by atoms with E-state index in [9.17, 15) is 8.42 Å². The molecule has 7 nitrogen and oxygen atoms in total. The molecule has 0 aliphatic carbocycles. The number of nitrogens with zero attached hydrogens (tertiary/aromatic N) is 1. The Morgan fingerprint density at radius 2 is 2.10 bits per heavy atom. The second kappa shape index (κ2) is 6.69. The lowest BCUT2D eigenvalue weighted by Crippen LogP contribution is -2.23. The molecular weight excluding hydrogens is 278 g/mol. The number of aromatic nitrogens is 3. The molecular formula is C12H19N5O2S. The lowest BCUT2D eigenvalue weighted by Gasteiger charge is -2.03. The topological polar surface area (TPSA) is 103 Å². The van der Waals surface area contributed by atoms with Crippen LogP contribution in [0.5, 0.6) is 0 Å². The van der Waals surface area contributed by atoms with Gasteiger partial charge in [0.05, 0.1) is 17.8 Å². The Morgan fingerprint density at radius 1 is 1.25 bits per heavy atom. The molecule has 110 valence electrons. The molecule has 0 atom stereocenters. The zero-order valence-electron chi connectivity index (χ0n) is 11.3. The maximum atomic E-state index is 12.1. The monoisotopic (exact) mass is 297 g/mol. The van der Waals surface area contributed by atoms with E-state index in [4.69, 9.17) is 0 Å². The summed E-state index contributed by atoms with van der Waals surface area (Å²) in [4.78, 5) is 9.88. The second-order valence-electron chi connectivity index (χ2n) is 4.44. The Balaban J connectivity index is 1.95. The van der Waals surface area contributed by atoms with Crippen molar-refractivity contribution in [3.63, 3.8) is 0 Å². The third kappa shape index (κ3) is 3.92. The van der Waals surface area contributed by atoms with E-state index in [1.165, 1.54) is 12.5 Å². The van der Waals surface area contributed by atoms with Crippen molar-refractivity contribution in [2.75, 3.05) is 6.54 Å².